The monoisotopic (exact) mass is 216 g/mol. The van der Waals surface area contributed by atoms with Gasteiger partial charge >= 0.3 is 0 Å². The van der Waals surface area contributed by atoms with Gasteiger partial charge in [0.15, 0.2) is 5.82 Å². The van der Waals surface area contributed by atoms with Crippen molar-refractivity contribution >= 4 is 23.3 Å². The van der Waals surface area contributed by atoms with E-state index in [0.29, 0.717) is 23.9 Å². The molecule has 0 aliphatic rings. The van der Waals surface area contributed by atoms with E-state index < -0.39 is 0 Å². The SMILES string of the molecule is Cc1cc(NC(=O)CCCCCl)no1. The van der Waals surface area contributed by atoms with Crippen LogP contribution in [0.15, 0.2) is 10.6 Å². The molecule has 0 aliphatic carbocycles. The summed E-state index contributed by atoms with van der Waals surface area (Å²) in [6.45, 7) is 1.77. The number of unbranched alkanes of at least 4 members (excludes halogenated alkanes) is 1. The third kappa shape index (κ3) is 3.79. The lowest BCUT2D eigenvalue weighted by molar-refractivity contribution is -0.116. The van der Waals surface area contributed by atoms with E-state index >= 15 is 0 Å². The van der Waals surface area contributed by atoms with Crippen molar-refractivity contribution in [3.8, 4) is 0 Å². The Hall–Kier alpha value is -1.03. The van der Waals surface area contributed by atoms with Crippen LogP contribution in [0.3, 0.4) is 0 Å². The second-order valence-corrected chi connectivity index (χ2v) is 3.40. The second kappa shape index (κ2) is 5.65. The lowest BCUT2D eigenvalue weighted by atomic mass is 10.2. The quantitative estimate of drug-likeness (QED) is 0.607. The van der Waals surface area contributed by atoms with Gasteiger partial charge < -0.3 is 9.84 Å². The maximum absolute atomic E-state index is 11.3. The van der Waals surface area contributed by atoms with E-state index in [1.807, 2.05) is 0 Å². The van der Waals surface area contributed by atoms with Crippen LogP contribution in [0.1, 0.15) is 25.0 Å². The zero-order valence-corrected chi connectivity index (χ0v) is 8.80. The number of nitrogens with one attached hydrogen (secondary N) is 1. The van der Waals surface area contributed by atoms with Crippen molar-refractivity contribution < 1.29 is 9.32 Å². The average Bonchev–Trinajstić information content (AvgIpc) is 2.52. The van der Waals surface area contributed by atoms with Gasteiger partial charge in [0.25, 0.3) is 0 Å². The van der Waals surface area contributed by atoms with Crippen molar-refractivity contribution in [2.45, 2.75) is 26.2 Å². The number of nitrogens with zero attached hydrogens (tertiary/aromatic N) is 1. The molecule has 0 spiro atoms. The van der Waals surface area contributed by atoms with Crippen molar-refractivity contribution in [1.82, 2.24) is 5.16 Å². The molecule has 0 saturated carbocycles. The average molecular weight is 217 g/mol. The van der Waals surface area contributed by atoms with Crippen LogP contribution in [0.4, 0.5) is 5.82 Å². The van der Waals surface area contributed by atoms with Gasteiger partial charge in [-0.25, -0.2) is 0 Å². The van der Waals surface area contributed by atoms with Crippen LogP contribution < -0.4 is 5.32 Å². The van der Waals surface area contributed by atoms with E-state index in [0.717, 1.165) is 12.8 Å². The van der Waals surface area contributed by atoms with Gasteiger partial charge in [0, 0.05) is 18.4 Å². The first-order chi connectivity index (χ1) is 6.72. The predicted octanol–water partition coefficient (Wildman–Crippen LogP) is 2.33. The van der Waals surface area contributed by atoms with Gasteiger partial charge in [-0.1, -0.05) is 5.16 Å². The van der Waals surface area contributed by atoms with Gasteiger partial charge in [0.05, 0.1) is 0 Å². The normalized spacial score (nSPS) is 10.1. The molecule has 4 nitrogen and oxygen atoms in total. The van der Waals surface area contributed by atoms with Crippen LogP contribution in [0, 0.1) is 6.92 Å². The Balaban J connectivity index is 2.27. The van der Waals surface area contributed by atoms with Crippen molar-refractivity contribution in [1.29, 1.82) is 0 Å². The Bertz CT molecular complexity index is 299. The molecule has 1 heterocycles. The summed E-state index contributed by atoms with van der Waals surface area (Å²) in [6, 6.07) is 1.68. The molecule has 1 amide bonds. The van der Waals surface area contributed by atoms with Gasteiger partial charge in [-0.2, -0.15) is 0 Å². The topological polar surface area (TPSA) is 55.1 Å². The molecule has 0 saturated heterocycles. The molecule has 0 aromatic carbocycles. The summed E-state index contributed by atoms with van der Waals surface area (Å²) in [6.07, 6.45) is 2.12. The smallest absolute Gasteiger partial charge is 0.225 e. The number of anilines is 1. The minimum Gasteiger partial charge on any atom is -0.360 e. The van der Waals surface area contributed by atoms with E-state index in [2.05, 4.69) is 10.5 Å². The van der Waals surface area contributed by atoms with Gasteiger partial charge in [0.1, 0.15) is 5.76 Å². The molecule has 1 aromatic rings. The molecule has 14 heavy (non-hydrogen) atoms. The van der Waals surface area contributed by atoms with E-state index in [9.17, 15) is 4.79 Å². The molecule has 0 radical (unpaired) electrons. The minimum atomic E-state index is -0.0524. The Labute approximate surface area is 87.6 Å². The summed E-state index contributed by atoms with van der Waals surface area (Å²) in [5.41, 5.74) is 0. The fourth-order valence-electron chi connectivity index (χ4n) is 1.01. The van der Waals surface area contributed by atoms with E-state index in [4.69, 9.17) is 16.1 Å². The summed E-state index contributed by atoms with van der Waals surface area (Å²) < 4.78 is 4.81. The van der Waals surface area contributed by atoms with Crippen LogP contribution in [0.5, 0.6) is 0 Å². The number of hydrogen-bond donors (Lipinski definition) is 1. The molecule has 0 unspecified atom stereocenters. The van der Waals surface area contributed by atoms with Gasteiger partial charge in [0.2, 0.25) is 5.91 Å². The predicted molar refractivity (Wildman–Crippen MR) is 54.4 cm³/mol. The highest BCUT2D eigenvalue weighted by atomic mass is 35.5. The third-order valence-electron chi connectivity index (χ3n) is 1.68. The minimum absolute atomic E-state index is 0.0524. The number of carbonyl (C=O) groups is 1. The zero-order chi connectivity index (χ0) is 10.4. The first kappa shape index (κ1) is 11.0. The Kier molecular flexibility index (Phi) is 4.46. The van der Waals surface area contributed by atoms with Gasteiger partial charge in [-0.15, -0.1) is 11.6 Å². The number of halogens is 1. The summed E-state index contributed by atoms with van der Waals surface area (Å²) in [7, 11) is 0. The highest BCUT2D eigenvalue weighted by molar-refractivity contribution is 6.17. The molecule has 0 aliphatic heterocycles. The fourth-order valence-corrected chi connectivity index (χ4v) is 1.20. The number of alkyl halides is 1. The summed E-state index contributed by atoms with van der Waals surface area (Å²) >= 11 is 5.49. The van der Waals surface area contributed by atoms with Gasteiger partial charge in [-0.3, -0.25) is 4.79 Å². The first-order valence-electron chi connectivity index (χ1n) is 4.51. The highest BCUT2D eigenvalue weighted by Gasteiger charge is 2.05. The molecule has 1 aromatic heterocycles. The maximum atomic E-state index is 11.3. The summed E-state index contributed by atoms with van der Waals surface area (Å²) in [5, 5.41) is 6.29. The van der Waals surface area contributed by atoms with Crippen molar-refractivity contribution in [3.05, 3.63) is 11.8 Å². The van der Waals surface area contributed by atoms with Gasteiger partial charge in [-0.05, 0) is 19.8 Å². The standard InChI is InChI=1S/C9H13ClN2O2/c1-7-6-8(12-14-7)11-9(13)4-2-3-5-10/h6H,2-5H2,1H3,(H,11,12,13). The Morgan fingerprint density at radius 1 is 1.64 bits per heavy atom. The number of carbonyl (C=O) groups excluding carboxylic acids is 1. The van der Waals surface area contributed by atoms with Crippen LogP contribution in [-0.4, -0.2) is 16.9 Å². The fraction of sp³-hybridized carbons (Fsp3) is 0.556. The molecule has 78 valence electrons. The van der Waals surface area contributed by atoms with Crippen molar-refractivity contribution in [2.24, 2.45) is 0 Å². The number of rotatable bonds is 5. The molecule has 5 heteroatoms. The third-order valence-corrected chi connectivity index (χ3v) is 1.95. The van der Waals surface area contributed by atoms with Crippen LogP contribution >= 0.6 is 11.6 Å². The number of aromatic nitrogens is 1. The van der Waals surface area contributed by atoms with E-state index in [-0.39, 0.29) is 5.91 Å². The number of amides is 1. The second-order valence-electron chi connectivity index (χ2n) is 3.02. The Morgan fingerprint density at radius 3 is 3.00 bits per heavy atom. The first-order valence-corrected chi connectivity index (χ1v) is 5.05. The number of aryl methyl sites for hydroxylation is 1. The molecular weight excluding hydrogens is 204 g/mol. The van der Waals surface area contributed by atoms with Crippen molar-refractivity contribution in [2.75, 3.05) is 11.2 Å². The van der Waals surface area contributed by atoms with Crippen LogP contribution in [0.2, 0.25) is 0 Å². The lowest BCUT2D eigenvalue weighted by Gasteiger charge is -1.99. The lowest BCUT2D eigenvalue weighted by Crippen LogP contribution is -2.11. The maximum Gasteiger partial charge on any atom is 0.225 e. The zero-order valence-electron chi connectivity index (χ0n) is 8.05. The van der Waals surface area contributed by atoms with Crippen LogP contribution in [0.25, 0.3) is 0 Å². The molecule has 0 atom stereocenters. The highest BCUT2D eigenvalue weighted by Crippen LogP contribution is 2.08. The molecule has 0 bridgehead atoms. The van der Waals surface area contributed by atoms with E-state index in [1.165, 1.54) is 0 Å². The summed E-state index contributed by atoms with van der Waals surface area (Å²) in [5.74, 6) is 1.69. The van der Waals surface area contributed by atoms with Crippen molar-refractivity contribution in [3.63, 3.8) is 0 Å². The van der Waals surface area contributed by atoms with E-state index in [1.54, 1.807) is 13.0 Å². The number of hydrogen-bond acceptors (Lipinski definition) is 3. The van der Waals surface area contributed by atoms with Crippen LogP contribution in [-0.2, 0) is 4.79 Å². The Morgan fingerprint density at radius 2 is 2.43 bits per heavy atom. The summed E-state index contributed by atoms with van der Waals surface area (Å²) in [4.78, 5) is 11.3. The molecular formula is C9H13ClN2O2. The molecule has 1 N–H and O–H groups in total. The molecule has 1 rings (SSSR count). The largest absolute Gasteiger partial charge is 0.360 e. The molecule has 0 fully saturated rings.